The summed E-state index contributed by atoms with van der Waals surface area (Å²) in [5.74, 6) is 0.387. The van der Waals surface area contributed by atoms with E-state index in [0.717, 1.165) is 24.1 Å². The molecule has 27 heavy (non-hydrogen) atoms. The molecule has 0 heterocycles. The van der Waals surface area contributed by atoms with Gasteiger partial charge in [0.15, 0.2) is 0 Å². The van der Waals surface area contributed by atoms with Gasteiger partial charge in [-0.2, -0.15) is 0 Å². The number of phenols is 1. The van der Waals surface area contributed by atoms with E-state index in [-0.39, 0.29) is 5.16 Å². The number of phenolic OH excluding ortho intramolecular Hbond substituents is 1. The molecular formula is C24H28NOP. The van der Waals surface area contributed by atoms with Crippen molar-refractivity contribution >= 4 is 13.9 Å². The van der Waals surface area contributed by atoms with Crippen molar-refractivity contribution in [3.63, 3.8) is 0 Å². The lowest BCUT2D eigenvalue weighted by atomic mass is 9.93. The molecule has 0 aliphatic rings. The van der Waals surface area contributed by atoms with Crippen LogP contribution in [-0.2, 0) is 11.7 Å². The first-order chi connectivity index (χ1) is 13.1. The van der Waals surface area contributed by atoms with Crippen LogP contribution in [0.25, 0.3) is 11.1 Å². The minimum atomic E-state index is -0.112. The van der Waals surface area contributed by atoms with Crippen LogP contribution < -0.4 is 10.6 Å². The molecule has 0 aliphatic carbocycles. The van der Waals surface area contributed by atoms with Gasteiger partial charge in [0.25, 0.3) is 0 Å². The summed E-state index contributed by atoms with van der Waals surface area (Å²) < 4.78 is 0. The topological polar surface area (TPSA) is 32.3 Å². The second-order valence-corrected chi connectivity index (χ2v) is 8.99. The van der Waals surface area contributed by atoms with E-state index in [9.17, 15) is 5.11 Å². The zero-order chi connectivity index (χ0) is 19.3. The van der Waals surface area contributed by atoms with Crippen molar-refractivity contribution in [1.82, 2.24) is 5.32 Å². The molecule has 2 N–H and O–H groups in total. The fraction of sp³-hybridized carbons (Fsp3) is 0.250. The monoisotopic (exact) mass is 377 g/mol. The lowest BCUT2D eigenvalue weighted by molar-refractivity contribution is 0.457. The fourth-order valence-electron chi connectivity index (χ4n) is 3.42. The van der Waals surface area contributed by atoms with Crippen molar-refractivity contribution < 1.29 is 5.11 Å². The van der Waals surface area contributed by atoms with Gasteiger partial charge >= 0.3 is 0 Å². The SMILES string of the molecule is CCC(C)(Pc1ccccc1CNC)c1cc(-c2ccccc2)ccc1O. The summed E-state index contributed by atoms with van der Waals surface area (Å²) >= 11 is 0. The van der Waals surface area contributed by atoms with Crippen LogP contribution in [0, 0.1) is 0 Å². The second-order valence-electron chi connectivity index (χ2n) is 7.10. The Morgan fingerprint density at radius 2 is 1.63 bits per heavy atom. The second kappa shape index (κ2) is 8.69. The molecule has 0 saturated heterocycles. The number of benzene rings is 3. The smallest absolute Gasteiger partial charge is 0.119 e. The zero-order valence-corrected chi connectivity index (χ0v) is 17.3. The minimum Gasteiger partial charge on any atom is -0.508 e. The third kappa shape index (κ3) is 4.40. The average molecular weight is 377 g/mol. The molecule has 0 fully saturated rings. The average Bonchev–Trinajstić information content (AvgIpc) is 2.70. The van der Waals surface area contributed by atoms with Crippen LogP contribution in [0.5, 0.6) is 5.75 Å². The van der Waals surface area contributed by atoms with Gasteiger partial charge in [-0.1, -0.05) is 83.1 Å². The van der Waals surface area contributed by atoms with Crippen molar-refractivity contribution in [2.75, 3.05) is 7.05 Å². The molecule has 0 aliphatic heterocycles. The van der Waals surface area contributed by atoms with Gasteiger partial charge in [-0.25, -0.2) is 0 Å². The molecule has 0 amide bonds. The molecule has 3 aromatic carbocycles. The van der Waals surface area contributed by atoms with Crippen LogP contribution in [0.3, 0.4) is 0 Å². The third-order valence-corrected chi connectivity index (χ3v) is 7.13. The highest BCUT2D eigenvalue weighted by Gasteiger charge is 2.29. The molecule has 0 bridgehead atoms. The molecule has 0 aromatic heterocycles. The number of nitrogens with one attached hydrogen (secondary N) is 1. The van der Waals surface area contributed by atoms with Crippen LogP contribution >= 0.6 is 8.58 Å². The van der Waals surface area contributed by atoms with Gasteiger partial charge < -0.3 is 10.4 Å². The van der Waals surface area contributed by atoms with Crippen molar-refractivity contribution in [3.05, 3.63) is 83.9 Å². The largest absolute Gasteiger partial charge is 0.508 e. The Bertz CT molecular complexity index is 894. The van der Waals surface area contributed by atoms with Gasteiger partial charge in [-0.3, -0.25) is 0 Å². The van der Waals surface area contributed by atoms with Gasteiger partial charge in [-0.15, -0.1) is 0 Å². The van der Waals surface area contributed by atoms with E-state index in [1.54, 1.807) is 0 Å². The number of hydrogen-bond acceptors (Lipinski definition) is 2. The van der Waals surface area contributed by atoms with Crippen molar-refractivity contribution in [2.24, 2.45) is 0 Å². The lowest BCUT2D eigenvalue weighted by Gasteiger charge is -2.31. The maximum absolute atomic E-state index is 10.7. The number of rotatable bonds is 7. The van der Waals surface area contributed by atoms with Gasteiger partial charge in [0, 0.05) is 17.3 Å². The molecule has 3 heteroatoms. The summed E-state index contributed by atoms with van der Waals surface area (Å²) in [6.45, 7) is 5.34. The molecule has 3 rings (SSSR count). The summed E-state index contributed by atoms with van der Waals surface area (Å²) in [7, 11) is 2.57. The first-order valence-corrected chi connectivity index (χ1v) is 10.5. The van der Waals surface area contributed by atoms with Gasteiger partial charge in [-0.05, 0) is 47.6 Å². The summed E-state index contributed by atoms with van der Waals surface area (Å²) in [5.41, 5.74) is 4.69. The highest BCUT2D eigenvalue weighted by Crippen LogP contribution is 2.48. The summed E-state index contributed by atoms with van der Waals surface area (Å²) in [4.78, 5) is 0. The number of hydrogen-bond donors (Lipinski definition) is 2. The van der Waals surface area contributed by atoms with E-state index in [2.05, 4.69) is 73.8 Å². The van der Waals surface area contributed by atoms with Gasteiger partial charge in [0.2, 0.25) is 0 Å². The van der Waals surface area contributed by atoms with Crippen LogP contribution in [0.2, 0.25) is 0 Å². The van der Waals surface area contributed by atoms with Gasteiger partial charge in [0.1, 0.15) is 5.75 Å². The molecule has 2 atom stereocenters. The van der Waals surface area contributed by atoms with E-state index in [4.69, 9.17) is 0 Å². The normalized spacial score (nSPS) is 13.7. The Kier molecular flexibility index (Phi) is 6.31. The molecule has 0 saturated carbocycles. The van der Waals surface area contributed by atoms with Crippen molar-refractivity contribution in [3.8, 4) is 16.9 Å². The maximum atomic E-state index is 10.7. The summed E-state index contributed by atoms with van der Waals surface area (Å²) in [6, 6.07) is 25.0. The maximum Gasteiger partial charge on any atom is 0.119 e. The Morgan fingerprint density at radius 1 is 0.926 bits per heavy atom. The zero-order valence-electron chi connectivity index (χ0n) is 16.3. The van der Waals surface area contributed by atoms with Crippen LogP contribution in [0.4, 0.5) is 0 Å². The quantitative estimate of drug-likeness (QED) is 0.540. The van der Waals surface area contributed by atoms with E-state index in [1.807, 2.05) is 25.2 Å². The summed E-state index contributed by atoms with van der Waals surface area (Å²) in [6.07, 6.45) is 0.963. The van der Waals surface area contributed by atoms with E-state index < -0.39 is 0 Å². The van der Waals surface area contributed by atoms with Crippen molar-refractivity contribution in [2.45, 2.75) is 32.0 Å². The molecule has 140 valence electrons. The molecule has 0 spiro atoms. The summed E-state index contributed by atoms with van der Waals surface area (Å²) in [5, 5.41) is 15.2. The minimum absolute atomic E-state index is 0.112. The number of aromatic hydroxyl groups is 1. The highest BCUT2D eigenvalue weighted by atomic mass is 31.1. The Labute approximate surface area is 164 Å². The van der Waals surface area contributed by atoms with E-state index in [0.29, 0.717) is 14.3 Å². The van der Waals surface area contributed by atoms with Crippen molar-refractivity contribution in [1.29, 1.82) is 0 Å². The molecule has 0 radical (unpaired) electrons. The van der Waals surface area contributed by atoms with Crippen LogP contribution in [0.15, 0.2) is 72.8 Å². The standard InChI is InChI=1S/C24H28NOP/c1-4-24(2,27-23-13-9-8-12-20(23)17-25-3)21-16-19(14-15-22(21)26)18-10-6-5-7-11-18/h5-16,25-27H,4,17H2,1-3H3. The fourth-order valence-corrected chi connectivity index (χ4v) is 5.04. The molecule has 2 unspecified atom stereocenters. The molecular weight excluding hydrogens is 349 g/mol. The third-order valence-electron chi connectivity index (χ3n) is 5.20. The Hall–Kier alpha value is -2.15. The van der Waals surface area contributed by atoms with Crippen LogP contribution in [0.1, 0.15) is 31.4 Å². The predicted molar refractivity (Wildman–Crippen MR) is 118 cm³/mol. The first-order valence-electron chi connectivity index (χ1n) is 9.47. The predicted octanol–water partition coefficient (Wildman–Crippen LogP) is 5.41. The molecule has 3 aromatic rings. The van der Waals surface area contributed by atoms with E-state index >= 15 is 0 Å². The first kappa shape index (κ1) is 19.6. The van der Waals surface area contributed by atoms with Crippen LogP contribution in [-0.4, -0.2) is 12.2 Å². The highest BCUT2D eigenvalue weighted by molar-refractivity contribution is 7.48. The van der Waals surface area contributed by atoms with E-state index in [1.165, 1.54) is 16.4 Å². The molecule has 2 nitrogen and oxygen atoms in total. The lowest BCUT2D eigenvalue weighted by Crippen LogP contribution is -2.21. The Balaban J connectivity index is 2.02. The Morgan fingerprint density at radius 3 is 2.33 bits per heavy atom. The van der Waals surface area contributed by atoms with Gasteiger partial charge in [0.05, 0.1) is 0 Å².